The summed E-state index contributed by atoms with van der Waals surface area (Å²) >= 11 is 6.83. The van der Waals surface area contributed by atoms with Crippen molar-refractivity contribution in [2.45, 2.75) is 18.4 Å². The van der Waals surface area contributed by atoms with Crippen LogP contribution in [0, 0.1) is 0 Å². The maximum absolute atomic E-state index is 6.83. The quantitative estimate of drug-likeness (QED) is 0.541. The summed E-state index contributed by atoms with van der Waals surface area (Å²) in [5, 5.41) is 1.48. The van der Waals surface area contributed by atoms with E-state index < -0.39 is 8.11 Å². The van der Waals surface area contributed by atoms with E-state index >= 15 is 0 Å². The lowest BCUT2D eigenvalue weighted by molar-refractivity contribution is 0.943. The molecule has 2 aliphatic rings. The van der Waals surface area contributed by atoms with Gasteiger partial charge in [-0.2, -0.15) is 11.1 Å². The Morgan fingerprint density at radius 2 is 1.57 bits per heavy atom. The first kappa shape index (κ1) is 13.1. The molecule has 2 aliphatic carbocycles. The van der Waals surface area contributed by atoms with Gasteiger partial charge in [0.1, 0.15) is 0 Å². The molecule has 0 saturated carbocycles. The maximum atomic E-state index is 6.83. The molecule has 0 aromatic heterocycles. The van der Waals surface area contributed by atoms with Crippen LogP contribution in [-0.2, 0) is 0 Å². The zero-order valence-corrected chi connectivity index (χ0v) is 13.7. The van der Waals surface area contributed by atoms with E-state index in [0.717, 1.165) is 12.5 Å². The number of hydrogen-bond acceptors (Lipinski definition) is 0. The Morgan fingerprint density at radius 3 is 2.14 bits per heavy atom. The summed E-state index contributed by atoms with van der Waals surface area (Å²) in [5.74, 6) is 0.480. The fourth-order valence-electron chi connectivity index (χ4n) is 3.57. The molecule has 2 aromatic rings. The minimum absolute atomic E-state index is 0.480. The molecule has 0 bridgehead atoms. The van der Waals surface area contributed by atoms with Crippen molar-refractivity contribution in [2.75, 3.05) is 0 Å². The fourth-order valence-corrected chi connectivity index (χ4v) is 6.52. The second kappa shape index (κ2) is 5.32. The molecule has 2 heteroatoms. The van der Waals surface area contributed by atoms with Gasteiger partial charge in [-0.25, -0.2) is 0 Å². The van der Waals surface area contributed by atoms with Gasteiger partial charge in [0, 0.05) is 5.92 Å². The topological polar surface area (TPSA) is 0 Å². The first-order chi connectivity index (χ1) is 10.3. The molecule has 0 aliphatic heterocycles. The Labute approximate surface area is 132 Å². The third-order valence-electron chi connectivity index (χ3n) is 4.61. The highest BCUT2D eigenvalue weighted by molar-refractivity contribution is 7.11. The zero-order valence-electron chi connectivity index (χ0n) is 11.8. The van der Waals surface area contributed by atoms with Crippen LogP contribution < -0.4 is 0 Å². The fraction of sp³-hybridized carbons (Fsp3) is 0.158. The first-order valence-corrected chi connectivity index (χ1v) is 10.7. The maximum Gasteiger partial charge on any atom is 0.168 e. The lowest BCUT2D eigenvalue weighted by Gasteiger charge is -2.17. The first-order valence-electron chi connectivity index (χ1n) is 7.52. The largest absolute Gasteiger partial charge is 0.168 e. The van der Waals surface area contributed by atoms with Crippen molar-refractivity contribution < 1.29 is 0 Å². The third-order valence-corrected chi connectivity index (χ3v) is 8.10. The smallest absolute Gasteiger partial charge is 0.166 e. The summed E-state index contributed by atoms with van der Waals surface area (Å²) in [7, 11) is -1.35. The van der Waals surface area contributed by atoms with Crippen molar-refractivity contribution in [3.05, 3.63) is 83.1 Å². The van der Waals surface area contributed by atoms with Gasteiger partial charge in [0.05, 0.1) is 0 Å². The number of halogens is 1. The van der Waals surface area contributed by atoms with Gasteiger partial charge in [0.25, 0.3) is 0 Å². The van der Waals surface area contributed by atoms with E-state index in [2.05, 4.69) is 66.8 Å². The molecule has 0 saturated heterocycles. The lowest BCUT2D eigenvalue weighted by atomic mass is 9.99. The van der Waals surface area contributed by atoms with Gasteiger partial charge < -0.3 is 0 Å². The molecule has 0 N–H and O–H groups in total. The van der Waals surface area contributed by atoms with Crippen LogP contribution >= 0.6 is 11.1 Å². The predicted molar refractivity (Wildman–Crippen MR) is 93.4 cm³/mol. The summed E-state index contributed by atoms with van der Waals surface area (Å²) in [6.45, 7) is 0. The second-order valence-corrected chi connectivity index (χ2v) is 9.53. The molecule has 104 valence electrons. The van der Waals surface area contributed by atoms with Gasteiger partial charge in [0.15, 0.2) is 8.11 Å². The van der Waals surface area contributed by atoms with Crippen LogP contribution in [0.15, 0.2) is 72.0 Å². The van der Waals surface area contributed by atoms with Crippen molar-refractivity contribution in [3.8, 4) is 11.1 Å². The van der Waals surface area contributed by atoms with E-state index in [1.54, 1.807) is 0 Å². The van der Waals surface area contributed by atoms with Crippen LogP contribution in [0.1, 0.15) is 23.5 Å². The van der Waals surface area contributed by atoms with Gasteiger partial charge in [-0.3, -0.25) is 0 Å². The van der Waals surface area contributed by atoms with Gasteiger partial charge in [-0.1, -0.05) is 72.0 Å². The number of rotatable bonds is 3. The molecule has 1 unspecified atom stereocenters. The van der Waals surface area contributed by atoms with Crippen molar-refractivity contribution in [1.29, 1.82) is 0 Å². The summed E-state index contributed by atoms with van der Waals surface area (Å²) in [4.78, 5) is 0. The van der Waals surface area contributed by atoms with Crippen LogP contribution in [-0.4, -0.2) is 8.11 Å². The van der Waals surface area contributed by atoms with E-state index in [9.17, 15) is 0 Å². The van der Waals surface area contributed by atoms with Crippen molar-refractivity contribution in [3.63, 3.8) is 0 Å². The molecule has 0 spiro atoms. The Kier molecular flexibility index (Phi) is 3.32. The lowest BCUT2D eigenvalue weighted by Crippen LogP contribution is -2.12. The number of fused-ring (bicyclic) bond motifs is 3. The SMILES string of the molecule is Cl[SiH](CC1c2ccccc2-c2ccccc21)C1=CC=CC1. The average molecular weight is 309 g/mol. The highest BCUT2D eigenvalue weighted by atomic mass is 35.6. The number of benzene rings is 2. The summed E-state index contributed by atoms with van der Waals surface area (Å²) in [6.07, 6.45) is 7.66. The van der Waals surface area contributed by atoms with E-state index in [0.29, 0.717) is 5.92 Å². The Morgan fingerprint density at radius 1 is 0.952 bits per heavy atom. The molecule has 1 atom stereocenters. The molecule has 2 aromatic carbocycles. The van der Waals surface area contributed by atoms with Gasteiger partial charge in [-0.15, -0.1) is 0 Å². The molecular weight excluding hydrogens is 292 g/mol. The summed E-state index contributed by atoms with van der Waals surface area (Å²) in [5.41, 5.74) is 5.72. The second-order valence-electron chi connectivity index (χ2n) is 5.80. The zero-order chi connectivity index (χ0) is 14.2. The Balaban J connectivity index is 1.71. The van der Waals surface area contributed by atoms with E-state index in [1.165, 1.54) is 27.5 Å². The highest BCUT2D eigenvalue weighted by Crippen LogP contribution is 2.47. The van der Waals surface area contributed by atoms with Gasteiger partial charge >= 0.3 is 0 Å². The Bertz CT molecular complexity index is 699. The molecule has 0 fully saturated rings. The third kappa shape index (κ3) is 2.21. The standard InChI is InChI=1S/C19H17ClSi/c20-21(14-7-1-2-8-14)13-19-17-11-5-3-9-15(17)16-10-4-6-12-18(16)19/h1-7,9-12,19,21H,8,13H2. The molecule has 0 heterocycles. The number of allylic oxidation sites excluding steroid dienone is 4. The Hall–Kier alpha value is -1.57. The summed E-state index contributed by atoms with van der Waals surface area (Å²) < 4.78 is 0. The minimum atomic E-state index is -1.35. The predicted octanol–water partition coefficient (Wildman–Crippen LogP) is 5.19. The summed E-state index contributed by atoms with van der Waals surface area (Å²) in [6, 6.07) is 18.7. The molecule has 21 heavy (non-hydrogen) atoms. The van der Waals surface area contributed by atoms with E-state index in [-0.39, 0.29) is 0 Å². The van der Waals surface area contributed by atoms with Crippen LogP contribution in [0.3, 0.4) is 0 Å². The normalized spacial score (nSPS) is 17.5. The van der Waals surface area contributed by atoms with E-state index in [1.807, 2.05) is 0 Å². The monoisotopic (exact) mass is 308 g/mol. The van der Waals surface area contributed by atoms with Crippen LogP contribution in [0.5, 0.6) is 0 Å². The van der Waals surface area contributed by atoms with Crippen molar-refractivity contribution in [1.82, 2.24) is 0 Å². The minimum Gasteiger partial charge on any atom is -0.166 e. The van der Waals surface area contributed by atoms with Gasteiger partial charge in [0.2, 0.25) is 0 Å². The van der Waals surface area contributed by atoms with Crippen molar-refractivity contribution >= 4 is 19.2 Å². The average Bonchev–Trinajstić information content (AvgIpc) is 3.15. The van der Waals surface area contributed by atoms with Crippen molar-refractivity contribution in [2.24, 2.45) is 0 Å². The van der Waals surface area contributed by atoms with Gasteiger partial charge in [-0.05, 0) is 34.7 Å². The molecule has 0 radical (unpaired) electrons. The molecular formula is C19H17ClSi. The molecule has 0 nitrogen and oxygen atoms in total. The number of hydrogen-bond donors (Lipinski definition) is 0. The van der Waals surface area contributed by atoms with Crippen LogP contribution in [0.4, 0.5) is 0 Å². The molecule has 0 amide bonds. The highest BCUT2D eigenvalue weighted by Gasteiger charge is 2.31. The molecule has 4 rings (SSSR count). The van der Waals surface area contributed by atoms with E-state index in [4.69, 9.17) is 11.1 Å². The van der Waals surface area contributed by atoms with Crippen LogP contribution in [0.2, 0.25) is 6.04 Å². The van der Waals surface area contributed by atoms with Crippen LogP contribution in [0.25, 0.3) is 11.1 Å².